The predicted octanol–water partition coefficient (Wildman–Crippen LogP) is 7.98. The lowest BCUT2D eigenvalue weighted by Crippen LogP contribution is -2.21. The molecule has 2 aromatic carbocycles. The minimum absolute atomic E-state index is 0.151. The van der Waals surface area contributed by atoms with Crippen molar-refractivity contribution in [2.24, 2.45) is 0 Å². The average molecular weight is 543 g/mol. The van der Waals surface area contributed by atoms with Gasteiger partial charge in [-0.3, -0.25) is 0 Å². The van der Waals surface area contributed by atoms with E-state index >= 15 is 0 Å². The molecule has 2 nitrogen and oxygen atoms in total. The minimum atomic E-state index is -4.36. The lowest BCUT2D eigenvalue weighted by Gasteiger charge is -2.22. The van der Waals surface area contributed by atoms with Crippen LogP contribution in [0.25, 0.3) is 5.70 Å². The molecule has 192 valence electrons. The standard InChI is InChI=1S/C26H24F6N2S2/c1-15-23(36-24(34-15)18-6-10-20(11-7-18)26(30,31)32)22(35-2)13-16-3-12-21(33-14-16)17-4-8-19(9-5-17)25(27,28)29/h3-12,22,24,33-34H,13-14H2,1-2H3. The number of thioether (sulfide) groups is 2. The first-order valence-corrected chi connectivity index (χ1v) is 13.3. The topological polar surface area (TPSA) is 24.1 Å². The van der Waals surface area contributed by atoms with Gasteiger partial charge in [-0.25, -0.2) is 0 Å². The van der Waals surface area contributed by atoms with Crippen LogP contribution in [-0.4, -0.2) is 18.1 Å². The van der Waals surface area contributed by atoms with Crippen molar-refractivity contribution in [3.8, 4) is 0 Å². The summed E-state index contributed by atoms with van der Waals surface area (Å²) in [7, 11) is 0. The van der Waals surface area contributed by atoms with E-state index in [2.05, 4.69) is 10.6 Å². The molecule has 2 aliphatic heterocycles. The molecule has 0 amide bonds. The second kappa shape index (κ2) is 10.5. The van der Waals surface area contributed by atoms with Crippen molar-refractivity contribution in [1.29, 1.82) is 0 Å². The first-order chi connectivity index (χ1) is 17.0. The Kier molecular flexibility index (Phi) is 7.75. The van der Waals surface area contributed by atoms with E-state index in [1.165, 1.54) is 24.3 Å². The van der Waals surface area contributed by atoms with Gasteiger partial charge in [0.25, 0.3) is 0 Å². The Morgan fingerprint density at radius 3 is 2.00 bits per heavy atom. The molecule has 0 aromatic heterocycles. The maximum absolute atomic E-state index is 12.9. The van der Waals surface area contributed by atoms with E-state index in [-0.39, 0.29) is 10.6 Å². The van der Waals surface area contributed by atoms with Gasteiger partial charge in [0.15, 0.2) is 0 Å². The Labute approximate surface area is 214 Å². The number of rotatable bonds is 6. The molecule has 0 saturated carbocycles. The largest absolute Gasteiger partial charge is 0.416 e. The van der Waals surface area contributed by atoms with Gasteiger partial charge in [0, 0.05) is 28.1 Å². The van der Waals surface area contributed by atoms with Crippen LogP contribution in [-0.2, 0) is 12.4 Å². The Morgan fingerprint density at radius 1 is 0.917 bits per heavy atom. The van der Waals surface area contributed by atoms with Gasteiger partial charge < -0.3 is 10.6 Å². The zero-order chi connectivity index (χ0) is 26.1. The van der Waals surface area contributed by atoms with Crippen LogP contribution in [0.1, 0.15) is 41.0 Å². The van der Waals surface area contributed by atoms with Crippen molar-refractivity contribution in [3.63, 3.8) is 0 Å². The number of benzene rings is 2. The van der Waals surface area contributed by atoms with Crippen LogP contribution in [0.4, 0.5) is 26.3 Å². The summed E-state index contributed by atoms with van der Waals surface area (Å²) >= 11 is 3.32. The third kappa shape index (κ3) is 6.08. The maximum atomic E-state index is 12.9. The minimum Gasteiger partial charge on any atom is -0.381 e. The molecule has 0 spiro atoms. The Morgan fingerprint density at radius 2 is 1.50 bits per heavy atom. The fraction of sp³-hybridized carbons (Fsp3) is 0.308. The van der Waals surface area contributed by atoms with Crippen LogP contribution >= 0.6 is 23.5 Å². The van der Waals surface area contributed by atoms with Crippen LogP contribution in [0.5, 0.6) is 0 Å². The van der Waals surface area contributed by atoms with Gasteiger partial charge in [-0.1, -0.05) is 42.1 Å². The summed E-state index contributed by atoms with van der Waals surface area (Å²) in [6.07, 6.45) is -2.05. The zero-order valence-electron chi connectivity index (χ0n) is 19.4. The first-order valence-electron chi connectivity index (χ1n) is 11.1. The Hall–Kier alpha value is -2.46. The molecule has 2 atom stereocenters. The lowest BCUT2D eigenvalue weighted by molar-refractivity contribution is -0.138. The van der Waals surface area contributed by atoms with Gasteiger partial charge in [0.05, 0.1) is 11.1 Å². The van der Waals surface area contributed by atoms with Crippen molar-refractivity contribution in [2.75, 3.05) is 12.8 Å². The summed E-state index contributed by atoms with van der Waals surface area (Å²) in [6.45, 7) is 2.56. The molecule has 4 rings (SSSR count). The van der Waals surface area contributed by atoms with Crippen molar-refractivity contribution in [2.45, 2.75) is 36.3 Å². The van der Waals surface area contributed by atoms with E-state index in [4.69, 9.17) is 0 Å². The van der Waals surface area contributed by atoms with E-state index in [9.17, 15) is 26.3 Å². The van der Waals surface area contributed by atoms with Crippen LogP contribution < -0.4 is 10.6 Å². The highest BCUT2D eigenvalue weighted by Gasteiger charge is 2.33. The normalized spacial score (nSPS) is 19.4. The fourth-order valence-electron chi connectivity index (χ4n) is 4.05. The van der Waals surface area contributed by atoms with Crippen molar-refractivity contribution < 1.29 is 26.3 Å². The molecule has 2 heterocycles. The van der Waals surface area contributed by atoms with Crippen LogP contribution in [0.15, 0.2) is 76.9 Å². The van der Waals surface area contributed by atoms with Gasteiger partial charge in [-0.15, -0.1) is 0 Å². The molecule has 0 saturated heterocycles. The van der Waals surface area contributed by atoms with Crippen molar-refractivity contribution >= 4 is 29.2 Å². The molecule has 2 aliphatic rings. The summed E-state index contributed by atoms with van der Waals surface area (Å²) in [4.78, 5) is 1.16. The smallest absolute Gasteiger partial charge is 0.381 e. The number of allylic oxidation sites excluding steroid dienone is 3. The molecule has 0 bridgehead atoms. The highest BCUT2D eigenvalue weighted by molar-refractivity contribution is 8.06. The van der Waals surface area contributed by atoms with Gasteiger partial charge in [0.2, 0.25) is 0 Å². The van der Waals surface area contributed by atoms with Crippen LogP contribution in [0, 0.1) is 0 Å². The zero-order valence-corrected chi connectivity index (χ0v) is 21.1. The second-order valence-electron chi connectivity index (χ2n) is 8.51. The van der Waals surface area contributed by atoms with Crippen molar-refractivity contribution in [3.05, 3.63) is 99.1 Å². The molecular weight excluding hydrogens is 518 g/mol. The molecule has 2 aromatic rings. The average Bonchev–Trinajstić information content (AvgIpc) is 3.23. The SMILES string of the molecule is CSC(CC1=CC=C(c2ccc(C(F)(F)F)cc2)NC1)C1=C(C)NC(c2ccc(C(F)(F)F)cc2)S1. The van der Waals surface area contributed by atoms with E-state index in [0.717, 1.165) is 58.1 Å². The van der Waals surface area contributed by atoms with Crippen molar-refractivity contribution in [1.82, 2.24) is 10.6 Å². The molecular formula is C26H24F6N2S2. The van der Waals surface area contributed by atoms with E-state index in [1.807, 2.05) is 25.3 Å². The summed E-state index contributed by atoms with van der Waals surface area (Å²) in [5, 5.41) is 6.71. The Bertz CT molecular complexity index is 1180. The van der Waals surface area contributed by atoms with E-state index in [0.29, 0.717) is 12.1 Å². The van der Waals surface area contributed by atoms with Gasteiger partial charge in [0.1, 0.15) is 5.37 Å². The van der Waals surface area contributed by atoms with Crippen LogP contribution in [0.2, 0.25) is 0 Å². The molecule has 0 radical (unpaired) electrons. The van der Waals surface area contributed by atoms with Gasteiger partial charge >= 0.3 is 12.4 Å². The quantitative estimate of drug-likeness (QED) is 0.362. The lowest BCUT2D eigenvalue weighted by atomic mass is 10.0. The highest BCUT2D eigenvalue weighted by atomic mass is 32.2. The second-order valence-corrected chi connectivity index (χ2v) is 10.7. The van der Waals surface area contributed by atoms with Gasteiger partial charge in [-0.2, -0.15) is 38.1 Å². The predicted molar refractivity (Wildman–Crippen MR) is 135 cm³/mol. The Balaban J connectivity index is 1.41. The van der Waals surface area contributed by atoms with Crippen LogP contribution in [0.3, 0.4) is 0 Å². The summed E-state index contributed by atoms with van der Waals surface area (Å²) in [6, 6.07) is 10.3. The molecule has 10 heteroatoms. The third-order valence-corrected chi connectivity index (χ3v) is 8.63. The summed E-state index contributed by atoms with van der Waals surface area (Å²) in [5.41, 5.74) is 3.06. The first kappa shape index (κ1) is 26.6. The monoisotopic (exact) mass is 542 g/mol. The summed E-state index contributed by atoms with van der Waals surface area (Å²) in [5.74, 6) is 0. The maximum Gasteiger partial charge on any atom is 0.416 e. The summed E-state index contributed by atoms with van der Waals surface area (Å²) < 4.78 is 77.1. The number of hydrogen-bond donors (Lipinski definition) is 2. The number of hydrogen-bond acceptors (Lipinski definition) is 4. The molecule has 0 fully saturated rings. The third-order valence-electron chi connectivity index (χ3n) is 6.04. The highest BCUT2D eigenvalue weighted by Crippen LogP contribution is 2.46. The molecule has 2 N–H and O–H groups in total. The number of nitrogens with one attached hydrogen (secondary N) is 2. The van der Waals surface area contributed by atoms with Gasteiger partial charge in [-0.05, 0) is 66.6 Å². The molecule has 36 heavy (non-hydrogen) atoms. The fourth-order valence-corrected chi connectivity index (χ4v) is 6.54. The number of halogens is 6. The number of dihydropyridines is 1. The van der Waals surface area contributed by atoms with E-state index < -0.39 is 23.5 Å². The number of alkyl halides is 6. The van der Waals surface area contributed by atoms with E-state index in [1.54, 1.807) is 23.5 Å². The molecule has 0 aliphatic carbocycles. The molecule has 2 unspecified atom stereocenters.